The number of carbonyl (C=O) groups excluding carboxylic acids is 2. The molecule has 310 valence electrons. The summed E-state index contributed by atoms with van der Waals surface area (Å²) in [5.41, 5.74) is 0. The van der Waals surface area contributed by atoms with Gasteiger partial charge in [-0.15, -0.1) is 0 Å². The minimum Gasteiger partial charge on any atom is -0.462 e. The topological polar surface area (TPSA) is 152 Å². The third kappa shape index (κ3) is 26.2. The normalized spacial score (nSPS) is 21.3. The van der Waals surface area contributed by atoms with Gasteiger partial charge in [-0.25, -0.2) is 0 Å². The van der Waals surface area contributed by atoms with Crippen LogP contribution in [0.4, 0.5) is 0 Å². The van der Waals surface area contributed by atoms with Crippen molar-refractivity contribution >= 4 is 11.9 Å². The first-order valence-corrected chi connectivity index (χ1v) is 20.9. The van der Waals surface area contributed by atoms with E-state index in [1.807, 2.05) is 0 Å². The average molecular weight is 763 g/mol. The van der Waals surface area contributed by atoms with Crippen LogP contribution in [0.25, 0.3) is 0 Å². The third-order valence-electron chi connectivity index (χ3n) is 9.11. The lowest BCUT2D eigenvalue weighted by Gasteiger charge is -2.39. The van der Waals surface area contributed by atoms with Crippen LogP contribution in [0.3, 0.4) is 0 Å². The summed E-state index contributed by atoms with van der Waals surface area (Å²) in [4.78, 5) is 25.2. The quantitative estimate of drug-likeness (QED) is 0.0292. The van der Waals surface area contributed by atoms with E-state index in [1.54, 1.807) is 0 Å². The summed E-state index contributed by atoms with van der Waals surface area (Å²) in [7, 11) is 0. The second-order valence-corrected chi connectivity index (χ2v) is 14.1. The van der Waals surface area contributed by atoms with E-state index in [0.717, 1.165) is 83.5 Å². The van der Waals surface area contributed by atoms with Crippen LogP contribution in [0, 0.1) is 0 Å². The maximum absolute atomic E-state index is 12.7. The van der Waals surface area contributed by atoms with Gasteiger partial charge >= 0.3 is 11.9 Å². The predicted octanol–water partition coefficient (Wildman–Crippen LogP) is 8.27. The van der Waals surface area contributed by atoms with E-state index < -0.39 is 55.4 Å². The maximum Gasteiger partial charge on any atom is 0.306 e. The molecule has 1 heterocycles. The molecule has 54 heavy (non-hydrogen) atoms. The standard InChI is InChI=1S/C44H74O10/c1-3-5-7-9-11-13-15-17-18-19-20-21-23-25-27-29-31-33-40(47)53-37(36-52-44-43(50)42(49)41(48)38(34-45)54-44)35-51-39(46)32-30-28-26-24-22-16-14-12-10-8-6-4-2/h7,9,12-15,18-19,21,23,37-38,41-45,48-50H,3-6,8,10-11,16-17,20,22,24-36H2,1-2H3/b9-7+,14-12+,15-13+,19-18+,23-21+/t37-,38-,41+,42?,43?,44-/m1/s1. The summed E-state index contributed by atoms with van der Waals surface area (Å²) in [6.45, 7) is 3.26. The molecule has 2 unspecified atom stereocenters. The van der Waals surface area contributed by atoms with Crippen molar-refractivity contribution in [3.63, 3.8) is 0 Å². The largest absolute Gasteiger partial charge is 0.462 e. The van der Waals surface area contributed by atoms with Gasteiger partial charge in [0.15, 0.2) is 12.4 Å². The first-order chi connectivity index (χ1) is 26.3. The lowest BCUT2D eigenvalue weighted by Crippen LogP contribution is -2.59. The summed E-state index contributed by atoms with van der Waals surface area (Å²) in [5, 5.41) is 40.0. The third-order valence-corrected chi connectivity index (χ3v) is 9.11. The molecular formula is C44H74O10. The zero-order valence-electron chi connectivity index (χ0n) is 33.4. The number of unbranched alkanes of at least 4 members (excludes halogenated alkanes) is 12. The van der Waals surface area contributed by atoms with E-state index in [1.165, 1.54) is 25.7 Å². The summed E-state index contributed by atoms with van der Waals surface area (Å²) in [6, 6.07) is 0. The average Bonchev–Trinajstić information content (AvgIpc) is 3.17. The minimum atomic E-state index is -1.60. The molecule has 0 radical (unpaired) electrons. The fraction of sp³-hybridized carbons (Fsp3) is 0.727. The van der Waals surface area contributed by atoms with E-state index >= 15 is 0 Å². The van der Waals surface area contributed by atoms with E-state index in [-0.39, 0.29) is 26.1 Å². The molecule has 0 aromatic heterocycles. The van der Waals surface area contributed by atoms with Gasteiger partial charge in [0.1, 0.15) is 31.0 Å². The van der Waals surface area contributed by atoms with E-state index in [9.17, 15) is 30.0 Å². The molecule has 1 aliphatic rings. The second kappa shape index (κ2) is 34.9. The number of allylic oxidation sites excluding steroid dienone is 10. The van der Waals surface area contributed by atoms with Crippen LogP contribution in [0.1, 0.15) is 149 Å². The number of hydrogen-bond acceptors (Lipinski definition) is 10. The highest BCUT2D eigenvalue weighted by Crippen LogP contribution is 2.22. The van der Waals surface area contributed by atoms with E-state index in [2.05, 4.69) is 74.6 Å². The van der Waals surface area contributed by atoms with Crippen LogP contribution in [-0.4, -0.2) is 89.0 Å². The zero-order valence-corrected chi connectivity index (χ0v) is 33.4. The van der Waals surface area contributed by atoms with E-state index in [0.29, 0.717) is 12.8 Å². The fourth-order valence-corrected chi connectivity index (χ4v) is 5.76. The minimum absolute atomic E-state index is 0.188. The number of ether oxygens (including phenoxy) is 4. The first kappa shape index (κ1) is 49.4. The number of rotatable bonds is 33. The Morgan fingerprint density at radius 1 is 0.574 bits per heavy atom. The number of esters is 2. The highest BCUT2D eigenvalue weighted by Gasteiger charge is 2.44. The van der Waals surface area contributed by atoms with Crippen molar-refractivity contribution in [3.8, 4) is 0 Å². The smallest absolute Gasteiger partial charge is 0.306 e. The molecule has 0 aromatic rings. The number of carbonyl (C=O) groups is 2. The van der Waals surface area contributed by atoms with Crippen molar-refractivity contribution in [2.24, 2.45) is 0 Å². The summed E-state index contributed by atoms with van der Waals surface area (Å²) in [5.74, 6) is -0.860. The van der Waals surface area contributed by atoms with Gasteiger partial charge < -0.3 is 39.4 Å². The molecule has 10 nitrogen and oxygen atoms in total. The Balaban J connectivity index is 2.41. The van der Waals surface area contributed by atoms with Crippen molar-refractivity contribution in [3.05, 3.63) is 60.8 Å². The van der Waals surface area contributed by atoms with Gasteiger partial charge in [0.2, 0.25) is 0 Å². The zero-order chi connectivity index (χ0) is 39.5. The molecule has 0 bridgehead atoms. The molecule has 6 atom stereocenters. The van der Waals surface area contributed by atoms with Crippen LogP contribution < -0.4 is 0 Å². The molecule has 0 aliphatic carbocycles. The van der Waals surface area contributed by atoms with Gasteiger partial charge in [-0.1, -0.05) is 120 Å². The lowest BCUT2D eigenvalue weighted by molar-refractivity contribution is -0.305. The van der Waals surface area contributed by atoms with Gasteiger partial charge in [0.25, 0.3) is 0 Å². The second-order valence-electron chi connectivity index (χ2n) is 14.1. The van der Waals surface area contributed by atoms with Crippen molar-refractivity contribution in [1.29, 1.82) is 0 Å². The SMILES string of the molecule is CCC/C=C/C/C=C/C/C=C/C/C=C/CCCCCC(=O)O[C@H](COC(=O)CCCCCCC/C=C/CCCCC)CO[C@@H]1O[C@H](CO)[C@H](O)C(O)C1O. The summed E-state index contributed by atoms with van der Waals surface area (Å²) < 4.78 is 22.1. The Bertz CT molecular complexity index is 1070. The molecule has 1 saturated heterocycles. The molecule has 0 aromatic carbocycles. The molecule has 1 fully saturated rings. The van der Waals surface area contributed by atoms with Crippen LogP contribution in [-0.2, 0) is 28.5 Å². The first-order valence-electron chi connectivity index (χ1n) is 20.9. The molecule has 0 saturated carbocycles. The van der Waals surface area contributed by atoms with Crippen molar-refractivity contribution in [2.75, 3.05) is 19.8 Å². The van der Waals surface area contributed by atoms with Gasteiger partial charge in [0, 0.05) is 12.8 Å². The fourth-order valence-electron chi connectivity index (χ4n) is 5.76. The number of aliphatic hydroxyl groups is 4. The van der Waals surface area contributed by atoms with Gasteiger partial charge in [0.05, 0.1) is 13.2 Å². The number of hydrogen-bond donors (Lipinski definition) is 4. The Kier molecular flexibility index (Phi) is 31.9. The maximum atomic E-state index is 12.7. The molecule has 10 heteroatoms. The molecule has 0 amide bonds. The van der Waals surface area contributed by atoms with Crippen molar-refractivity contribution < 1.29 is 49.0 Å². The number of aliphatic hydroxyl groups excluding tert-OH is 4. The monoisotopic (exact) mass is 763 g/mol. The van der Waals surface area contributed by atoms with Gasteiger partial charge in [-0.3, -0.25) is 9.59 Å². The van der Waals surface area contributed by atoms with Crippen LogP contribution in [0.5, 0.6) is 0 Å². The summed E-state index contributed by atoms with van der Waals surface area (Å²) in [6.07, 6.45) is 33.7. The Morgan fingerprint density at radius 3 is 1.67 bits per heavy atom. The lowest BCUT2D eigenvalue weighted by atomic mass is 9.99. The molecule has 1 rings (SSSR count). The Labute approximate surface area is 326 Å². The highest BCUT2D eigenvalue weighted by molar-refractivity contribution is 5.70. The molecule has 1 aliphatic heterocycles. The van der Waals surface area contributed by atoms with Crippen LogP contribution in [0.15, 0.2) is 60.8 Å². The van der Waals surface area contributed by atoms with E-state index in [4.69, 9.17) is 18.9 Å². The molecular weight excluding hydrogens is 688 g/mol. The summed E-state index contributed by atoms with van der Waals surface area (Å²) >= 11 is 0. The Hall–Kier alpha value is -2.60. The van der Waals surface area contributed by atoms with Crippen LogP contribution in [0.2, 0.25) is 0 Å². The van der Waals surface area contributed by atoms with Crippen molar-refractivity contribution in [1.82, 2.24) is 0 Å². The molecule has 4 N–H and O–H groups in total. The predicted molar refractivity (Wildman–Crippen MR) is 215 cm³/mol. The van der Waals surface area contributed by atoms with Gasteiger partial charge in [-0.2, -0.15) is 0 Å². The van der Waals surface area contributed by atoms with Crippen LogP contribution >= 0.6 is 0 Å². The highest BCUT2D eigenvalue weighted by atomic mass is 16.7. The molecule has 0 spiro atoms. The van der Waals surface area contributed by atoms with Gasteiger partial charge in [-0.05, 0) is 77.0 Å². The Morgan fingerprint density at radius 2 is 1.07 bits per heavy atom. The van der Waals surface area contributed by atoms with Crippen molar-refractivity contribution in [2.45, 2.75) is 185 Å².